The quantitative estimate of drug-likeness (QED) is 0.682. The Bertz CT molecular complexity index is 422. The first-order valence-corrected chi connectivity index (χ1v) is 5.36. The van der Waals surface area contributed by atoms with Crippen molar-refractivity contribution >= 4 is 11.6 Å². The molecule has 0 aliphatic carbocycles. The molecule has 0 radical (unpaired) electrons. The molecule has 0 spiro atoms. The maximum Gasteiger partial charge on any atom is 0.180 e. The fraction of sp³-hybridized carbons (Fsp3) is 0.154. The fourth-order valence-electron chi connectivity index (χ4n) is 1.58. The summed E-state index contributed by atoms with van der Waals surface area (Å²) in [6.07, 6.45) is 4.00. The fourth-order valence-corrected chi connectivity index (χ4v) is 1.69. The van der Waals surface area contributed by atoms with E-state index in [9.17, 15) is 0 Å². The van der Waals surface area contributed by atoms with E-state index in [0.29, 0.717) is 6.04 Å². The van der Waals surface area contributed by atoms with Gasteiger partial charge in [-0.25, -0.2) is 0 Å². The van der Waals surface area contributed by atoms with Crippen molar-refractivity contribution in [3.63, 3.8) is 0 Å². The van der Waals surface area contributed by atoms with Crippen LogP contribution in [0, 0.1) is 0 Å². The summed E-state index contributed by atoms with van der Waals surface area (Å²) in [5.74, 6) is 0. The van der Waals surface area contributed by atoms with E-state index in [1.54, 1.807) is 0 Å². The molecule has 0 bridgehead atoms. The van der Waals surface area contributed by atoms with Crippen molar-refractivity contribution in [1.29, 1.82) is 0 Å². The van der Waals surface area contributed by atoms with Gasteiger partial charge in [0.05, 0.1) is 5.02 Å². The minimum Gasteiger partial charge on any atom is -0.198 e. The first-order valence-electron chi connectivity index (χ1n) is 4.98. The zero-order valence-electron chi connectivity index (χ0n) is 8.60. The van der Waals surface area contributed by atoms with Gasteiger partial charge in [0.1, 0.15) is 0 Å². The Labute approximate surface area is 95.0 Å². The summed E-state index contributed by atoms with van der Waals surface area (Å²) < 4.78 is 2.14. The minimum absolute atomic E-state index is 0.337. The topological polar surface area (TPSA) is 3.88 Å². The van der Waals surface area contributed by atoms with Gasteiger partial charge in [0.25, 0.3) is 0 Å². The smallest absolute Gasteiger partial charge is 0.180 e. The molecule has 0 saturated carbocycles. The number of hydrogen-bond acceptors (Lipinski definition) is 0. The molecule has 76 valence electrons. The average Bonchev–Trinajstić information content (AvgIpc) is 2.30. The third-order valence-corrected chi connectivity index (χ3v) is 2.79. The van der Waals surface area contributed by atoms with E-state index in [4.69, 9.17) is 11.6 Å². The summed E-state index contributed by atoms with van der Waals surface area (Å²) in [6, 6.07) is 14.6. The van der Waals surface area contributed by atoms with E-state index < -0.39 is 0 Å². The molecule has 0 N–H and O–H groups in total. The number of nitrogens with zero attached hydrogens (tertiary/aromatic N) is 1. The van der Waals surface area contributed by atoms with Gasteiger partial charge in [0.2, 0.25) is 0 Å². The maximum atomic E-state index is 5.85. The van der Waals surface area contributed by atoms with E-state index in [-0.39, 0.29) is 0 Å². The third-order valence-electron chi connectivity index (χ3n) is 2.54. The maximum absolute atomic E-state index is 5.85. The van der Waals surface area contributed by atoms with Crippen molar-refractivity contribution in [3.8, 4) is 0 Å². The lowest BCUT2D eigenvalue weighted by Gasteiger charge is -2.06. The molecule has 1 aromatic carbocycles. The zero-order valence-corrected chi connectivity index (χ0v) is 9.35. The Morgan fingerprint density at radius 1 is 1.00 bits per heavy atom. The highest BCUT2D eigenvalue weighted by atomic mass is 35.5. The number of benzene rings is 1. The molecule has 2 rings (SSSR count). The molecule has 0 aliphatic rings. The van der Waals surface area contributed by atoms with Crippen molar-refractivity contribution in [2.75, 3.05) is 0 Å². The molecule has 1 atom stereocenters. The second-order valence-electron chi connectivity index (χ2n) is 3.55. The highest BCUT2D eigenvalue weighted by Gasteiger charge is 2.13. The predicted molar refractivity (Wildman–Crippen MR) is 61.9 cm³/mol. The number of aromatic nitrogens is 1. The standard InChI is InChI=1S/C13H13ClN/c1-11(12-5-3-2-4-6-12)15-9-7-13(14)8-10-15/h2-11H,1H3/q+1. The molecule has 0 amide bonds. The molecule has 0 fully saturated rings. The lowest BCUT2D eigenvalue weighted by atomic mass is 10.1. The van der Waals surface area contributed by atoms with Crippen LogP contribution in [0.5, 0.6) is 0 Å². The van der Waals surface area contributed by atoms with Gasteiger partial charge < -0.3 is 0 Å². The van der Waals surface area contributed by atoms with Crippen LogP contribution in [-0.2, 0) is 0 Å². The molecule has 2 heteroatoms. The molecule has 0 aliphatic heterocycles. The second kappa shape index (κ2) is 4.45. The van der Waals surface area contributed by atoms with Gasteiger partial charge in [-0.15, -0.1) is 0 Å². The number of rotatable bonds is 2. The molecule has 2 aromatic rings. The van der Waals surface area contributed by atoms with Crippen molar-refractivity contribution in [1.82, 2.24) is 0 Å². The van der Waals surface area contributed by atoms with Gasteiger partial charge in [0.15, 0.2) is 18.4 Å². The Balaban J connectivity index is 2.29. The summed E-state index contributed by atoms with van der Waals surface area (Å²) in [4.78, 5) is 0. The van der Waals surface area contributed by atoms with Crippen LogP contribution >= 0.6 is 11.6 Å². The molecule has 1 heterocycles. The van der Waals surface area contributed by atoms with Gasteiger partial charge in [-0.05, 0) is 0 Å². The number of pyridine rings is 1. The highest BCUT2D eigenvalue weighted by Crippen LogP contribution is 2.11. The van der Waals surface area contributed by atoms with Gasteiger partial charge >= 0.3 is 0 Å². The summed E-state index contributed by atoms with van der Waals surface area (Å²) >= 11 is 5.85. The van der Waals surface area contributed by atoms with Gasteiger partial charge in [-0.1, -0.05) is 41.9 Å². The van der Waals surface area contributed by atoms with E-state index in [1.165, 1.54) is 5.56 Å². The Kier molecular flexibility index (Phi) is 3.02. The average molecular weight is 219 g/mol. The SMILES string of the molecule is CC(c1ccccc1)[n+]1ccc(Cl)cc1. The van der Waals surface area contributed by atoms with Crippen LogP contribution in [0.15, 0.2) is 54.9 Å². The van der Waals surface area contributed by atoms with E-state index >= 15 is 0 Å². The molecule has 1 unspecified atom stereocenters. The van der Waals surface area contributed by atoms with Gasteiger partial charge in [-0.2, -0.15) is 4.57 Å². The normalized spacial score (nSPS) is 12.4. The molecule has 15 heavy (non-hydrogen) atoms. The van der Waals surface area contributed by atoms with Gasteiger partial charge in [0, 0.05) is 24.6 Å². The van der Waals surface area contributed by atoms with Crippen molar-refractivity contribution in [2.24, 2.45) is 0 Å². The summed E-state index contributed by atoms with van der Waals surface area (Å²) in [6.45, 7) is 2.17. The molecule has 1 aromatic heterocycles. The largest absolute Gasteiger partial charge is 0.198 e. The highest BCUT2D eigenvalue weighted by molar-refractivity contribution is 6.30. The summed E-state index contributed by atoms with van der Waals surface area (Å²) in [5, 5.41) is 0.770. The number of halogens is 1. The van der Waals surface area contributed by atoms with Crippen LogP contribution < -0.4 is 4.57 Å². The van der Waals surface area contributed by atoms with Crippen molar-refractivity contribution < 1.29 is 4.57 Å². The van der Waals surface area contributed by atoms with Crippen LogP contribution in [0.4, 0.5) is 0 Å². The van der Waals surface area contributed by atoms with Crippen molar-refractivity contribution in [2.45, 2.75) is 13.0 Å². The van der Waals surface area contributed by atoms with Gasteiger partial charge in [-0.3, -0.25) is 0 Å². The lowest BCUT2D eigenvalue weighted by molar-refractivity contribution is -0.710. The van der Waals surface area contributed by atoms with E-state index in [2.05, 4.69) is 35.8 Å². The van der Waals surface area contributed by atoms with Crippen LogP contribution in [0.1, 0.15) is 18.5 Å². The first-order chi connectivity index (χ1) is 7.27. The summed E-state index contributed by atoms with van der Waals surface area (Å²) in [7, 11) is 0. The van der Waals surface area contributed by atoms with Crippen LogP contribution in [-0.4, -0.2) is 0 Å². The zero-order chi connectivity index (χ0) is 10.7. The molecular formula is C13H13ClN+. The Morgan fingerprint density at radius 2 is 1.60 bits per heavy atom. The molecular weight excluding hydrogens is 206 g/mol. The lowest BCUT2D eigenvalue weighted by Crippen LogP contribution is -2.37. The summed E-state index contributed by atoms with van der Waals surface area (Å²) in [5.41, 5.74) is 1.30. The second-order valence-corrected chi connectivity index (χ2v) is 3.99. The Morgan fingerprint density at radius 3 is 2.20 bits per heavy atom. The van der Waals surface area contributed by atoms with E-state index in [1.807, 2.05) is 30.6 Å². The van der Waals surface area contributed by atoms with Crippen LogP contribution in [0.2, 0.25) is 5.02 Å². The van der Waals surface area contributed by atoms with Crippen molar-refractivity contribution in [3.05, 3.63) is 65.4 Å². The van der Waals surface area contributed by atoms with Crippen LogP contribution in [0.25, 0.3) is 0 Å². The first kappa shape index (κ1) is 10.2. The Hall–Kier alpha value is -1.34. The minimum atomic E-state index is 0.337. The predicted octanol–water partition coefficient (Wildman–Crippen LogP) is 3.24. The molecule has 1 nitrogen and oxygen atoms in total. The third kappa shape index (κ3) is 2.37. The monoisotopic (exact) mass is 218 g/mol. The van der Waals surface area contributed by atoms with E-state index in [0.717, 1.165) is 5.02 Å². The van der Waals surface area contributed by atoms with Crippen LogP contribution in [0.3, 0.4) is 0 Å². The number of hydrogen-bond donors (Lipinski definition) is 0. The molecule has 0 saturated heterocycles.